The molecule has 0 saturated carbocycles. The summed E-state index contributed by atoms with van der Waals surface area (Å²) in [5.41, 5.74) is 5.24. The molecule has 5 aromatic carbocycles. The molecule has 6 rings (SSSR count). The Bertz CT molecular complexity index is 1720. The lowest BCUT2D eigenvalue weighted by Crippen LogP contribution is -1.96. The van der Waals surface area contributed by atoms with Crippen molar-refractivity contribution in [3.63, 3.8) is 0 Å². The summed E-state index contributed by atoms with van der Waals surface area (Å²) in [6.07, 6.45) is 0. The molecule has 0 saturated heterocycles. The molecule has 0 bridgehead atoms. The molecule has 2 nitrogen and oxygen atoms in total. The van der Waals surface area contributed by atoms with Crippen LogP contribution < -0.4 is 0 Å². The van der Waals surface area contributed by atoms with Crippen LogP contribution in [0.5, 0.6) is 0 Å². The maximum absolute atomic E-state index is 13.2. The molecule has 0 atom stereocenters. The predicted molar refractivity (Wildman–Crippen MR) is 133 cm³/mol. The summed E-state index contributed by atoms with van der Waals surface area (Å²) in [5.74, 6) is 6.33. The summed E-state index contributed by atoms with van der Waals surface area (Å²) < 4.78 is 26.4. The fourth-order valence-electron chi connectivity index (χ4n) is 4.46. The first-order chi connectivity index (χ1) is 16.1. The van der Waals surface area contributed by atoms with E-state index in [0.29, 0.717) is 15.4 Å². The Morgan fingerprint density at radius 3 is 2.03 bits per heavy atom. The fraction of sp³-hybridized carbons (Fsp3) is 0. The third-order valence-electron chi connectivity index (χ3n) is 6.05. The maximum atomic E-state index is 13.2. The second-order valence-electron chi connectivity index (χ2n) is 8.07. The van der Waals surface area contributed by atoms with E-state index < -0.39 is 9.84 Å². The molecule has 0 aromatic heterocycles. The summed E-state index contributed by atoms with van der Waals surface area (Å²) in [6.45, 7) is 0. The molecule has 33 heavy (non-hydrogen) atoms. The molecular formula is C30H18O2S. The van der Waals surface area contributed by atoms with E-state index >= 15 is 0 Å². The lowest BCUT2D eigenvalue weighted by molar-refractivity contribution is 0.598. The van der Waals surface area contributed by atoms with Gasteiger partial charge in [-0.2, -0.15) is 0 Å². The molecule has 0 spiro atoms. The van der Waals surface area contributed by atoms with Crippen molar-refractivity contribution >= 4 is 20.6 Å². The minimum absolute atomic E-state index is 0.345. The van der Waals surface area contributed by atoms with Crippen LogP contribution >= 0.6 is 0 Å². The average molecular weight is 443 g/mol. The van der Waals surface area contributed by atoms with Crippen LogP contribution in [0.3, 0.4) is 0 Å². The highest BCUT2D eigenvalue weighted by atomic mass is 32.2. The molecule has 0 N–H and O–H groups in total. The van der Waals surface area contributed by atoms with Gasteiger partial charge in [0.2, 0.25) is 9.84 Å². The van der Waals surface area contributed by atoms with Crippen LogP contribution in [0.1, 0.15) is 11.1 Å². The smallest absolute Gasteiger partial charge is 0.207 e. The first-order valence-electron chi connectivity index (χ1n) is 10.7. The largest absolute Gasteiger partial charge is 0.218 e. The van der Waals surface area contributed by atoms with Crippen LogP contribution in [0.2, 0.25) is 0 Å². The highest BCUT2D eigenvalue weighted by molar-refractivity contribution is 7.92. The van der Waals surface area contributed by atoms with Crippen LogP contribution in [0.15, 0.2) is 119 Å². The quantitative estimate of drug-likeness (QED) is 0.265. The van der Waals surface area contributed by atoms with Gasteiger partial charge in [0.05, 0.1) is 9.79 Å². The Morgan fingerprint density at radius 2 is 1.18 bits per heavy atom. The van der Waals surface area contributed by atoms with Gasteiger partial charge in [-0.1, -0.05) is 78.6 Å². The van der Waals surface area contributed by atoms with Crippen LogP contribution in [0.4, 0.5) is 0 Å². The lowest BCUT2D eigenvalue weighted by Gasteiger charge is -2.09. The zero-order valence-corrected chi connectivity index (χ0v) is 18.4. The Balaban J connectivity index is 1.51. The van der Waals surface area contributed by atoms with Crippen LogP contribution in [0.25, 0.3) is 33.0 Å². The van der Waals surface area contributed by atoms with E-state index in [2.05, 4.69) is 36.1 Å². The minimum Gasteiger partial charge on any atom is -0.218 e. The van der Waals surface area contributed by atoms with Crippen molar-refractivity contribution in [2.45, 2.75) is 9.79 Å². The normalized spacial score (nSPS) is 13.1. The molecule has 1 aliphatic rings. The van der Waals surface area contributed by atoms with Crippen LogP contribution in [-0.2, 0) is 9.84 Å². The van der Waals surface area contributed by atoms with Crippen molar-refractivity contribution < 1.29 is 8.42 Å². The van der Waals surface area contributed by atoms with Crippen molar-refractivity contribution in [2.24, 2.45) is 0 Å². The van der Waals surface area contributed by atoms with Gasteiger partial charge in [-0.25, -0.2) is 8.42 Å². The van der Waals surface area contributed by atoms with Crippen molar-refractivity contribution in [1.29, 1.82) is 0 Å². The van der Waals surface area contributed by atoms with Crippen LogP contribution in [0, 0.1) is 11.8 Å². The number of rotatable bonds is 1. The molecular weight excluding hydrogens is 424 g/mol. The number of hydrogen-bond acceptors (Lipinski definition) is 2. The second kappa shape index (κ2) is 7.48. The van der Waals surface area contributed by atoms with Gasteiger partial charge in [-0.05, 0) is 64.4 Å². The number of sulfone groups is 1. The van der Waals surface area contributed by atoms with Crippen molar-refractivity contribution in [2.75, 3.05) is 0 Å². The highest BCUT2D eigenvalue weighted by Crippen LogP contribution is 2.45. The van der Waals surface area contributed by atoms with Gasteiger partial charge >= 0.3 is 0 Å². The standard InChI is InChI=1S/C30H18O2S/c31-33(32)29-17-15-22(14-13-21-7-2-1-3-8-21)19-27(29)28-20-24(16-18-30(28)33)26-12-6-10-23-9-4-5-11-25(23)26/h1-12,15-20H. The third-order valence-corrected chi connectivity index (χ3v) is 7.92. The van der Waals surface area contributed by atoms with Gasteiger partial charge in [0, 0.05) is 22.3 Å². The Morgan fingerprint density at radius 1 is 0.515 bits per heavy atom. The summed E-state index contributed by atoms with van der Waals surface area (Å²) in [7, 11) is -3.54. The fourth-order valence-corrected chi connectivity index (χ4v) is 6.10. The van der Waals surface area contributed by atoms with E-state index in [-0.39, 0.29) is 0 Å². The Kier molecular flexibility index (Phi) is 4.43. The number of benzene rings is 5. The molecule has 5 aromatic rings. The highest BCUT2D eigenvalue weighted by Gasteiger charge is 2.33. The van der Waals surface area contributed by atoms with Crippen molar-refractivity contribution in [1.82, 2.24) is 0 Å². The molecule has 0 radical (unpaired) electrons. The minimum atomic E-state index is -3.54. The SMILES string of the molecule is O=S1(=O)c2ccc(C#Cc3ccccc3)cc2-c2cc(-c3cccc4ccccc34)ccc21. The van der Waals surface area contributed by atoms with Gasteiger partial charge in [0.1, 0.15) is 0 Å². The topological polar surface area (TPSA) is 34.1 Å². The van der Waals surface area contributed by atoms with E-state index in [1.165, 1.54) is 0 Å². The molecule has 0 aliphatic carbocycles. The molecule has 0 unspecified atom stereocenters. The van der Waals surface area contributed by atoms with E-state index in [0.717, 1.165) is 38.6 Å². The summed E-state index contributed by atoms with van der Waals surface area (Å²) in [6, 6.07) is 35.2. The predicted octanol–water partition coefficient (Wildman–Crippen LogP) is 6.72. The van der Waals surface area contributed by atoms with Gasteiger partial charge in [-0.15, -0.1) is 0 Å². The van der Waals surface area contributed by atoms with E-state index in [1.807, 2.05) is 66.7 Å². The van der Waals surface area contributed by atoms with E-state index in [4.69, 9.17) is 0 Å². The molecule has 0 fully saturated rings. The zero-order chi connectivity index (χ0) is 22.4. The van der Waals surface area contributed by atoms with Gasteiger partial charge in [0.25, 0.3) is 0 Å². The number of fused-ring (bicyclic) bond motifs is 4. The second-order valence-corrected chi connectivity index (χ2v) is 9.95. The Labute approximate surface area is 193 Å². The van der Waals surface area contributed by atoms with Gasteiger partial charge in [-0.3, -0.25) is 0 Å². The summed E-state index contributed by atoms with van der Waals surface area (Å²) in [4.78, 5) is 0.701. The Hall–Kier alpha value is -4.13. The van der Waals surface area contributed by atoms with Crippen molar-refractivity contribution in [3.8, 4) is 34.1 Å². The van der Waals surface area contributed by atoms with E-state index in [9.17, 15) is 8.42 Å². The molecule has 3 heteroatoms. The van der Waals surface area contributed by atoms with Crippen LogP contribution in [-0.4, -0.2) is 8.42 Å². The first kappa shape index (κ1) is 19.5. The molecule has 0 amide bonds. The van der Waals surface area contributed by atoms with Gasteiger partial charge in [0.15, 0.2) is 0 Å². The van der Waals surface area contributed by atoms with E-state index in [1.54, 1.807) is 18.2 Å². The van der Waals surface area contributed by atoms with Gasteiger partial charge < -0.3 is 0 Å². The third kappa shape index (κ3) is 3.24. The average Bonchev–Trinajstić information content (AvgIpc) is 3.09. The molecule has 1 aliphatic heterocycles. The maximum Gasteiger partial charge on any atom is 0.207 e. The summed E-state index contributed by atoms with van der Waals surface area (Å²) >= 11 is 0. The molecule has 1 heterocycles. The first-order valence-corrected chi connectivity index (χ1v) is 12.2. The zero-order valence-electron chi connectivity index (χ0n) is 17.6. The number of hydrogen-bond donors (Lipinski definition) is 0. The lowest BCUT2D eigenvalue weighted by atomic mass is 9.95. The van der Waals surface area contributed by atoms with Crippen molar-refractivity contribution in [3.05, 3.63) is 120 Å². The molecule has 156 valence electrons. The monoisotopic (exact) mass is 442 g/mol. The summed E-state index contributed by atoms with van der Waals surface area (Å²) in [5, 5.41) is 2.30.